The first kappa shape index (κ1) is 21.2. The summed E-state index contributed by atoms with van der Waals surface area (Å²) in [6.07, 6.45) is 4.63. The number of fused-ring (bicyclic) bond motifs is 1. The van der Waals surface area contributed by atoms with Gasteiger partial charge in [0.15, 0.2) is 0 Å². The molecule has 1 aliphatic carbocycles. The van der Waals surface area contributed by atoms with E-state index in [9.17, 15) is 9.90 Å². The molecule has 30 heavy (non-hydrogen) atoms. The van der Waals surface area contributed by atoms with E-state index in [2.05, 4.69) is 16.3 Å². The molecule has 1 heterocycles. The Hall–Kier alpha value is -2.08. The molecule has 160 valence electrons. The van der Waals surface area contributed by atoms with E-state index in [1.807, 2.05) is 18.2 Å². The third kappa shape index (κ3) is 4.34. The number of para-hydroxylation sites is 1. The summed E-state index contributed by atoms with van der Waals surface area (Å²) < 4.78 is 5.65. The van der Waals surface area contributed by atoms with Crippen molar-refractivity contribution in [2.24, 2.45) is 5.92 Å². The second kappa shape index (κ2) is 8.96. The largest absolute Gasteiger partial charge is 0.496 e. The average molecular weight is 429 g/mol. The van der Waals surface area contributed by atoms with Gasteiger partial charge < -0.3 is 15.2 Å². The number of hydrogen-bond acceptors (Lipinski definition) is 4. The number of piperidine rings is 1. The molecule has 1 saturated carbocycles. The van der Waals surface area contributed by atoms with E-state index in [1.54, 1.807) is 31.4 Å². The van der Waals surface area contributed by atoms with Gasteiger partial charge in [0.2, 0.25) is 5.91 Å². The third-order valence-corrected chi connectivity index (χ3v) is 6.86. The average Bonchev–Trinajstić information content (AvgIpc) is 2.75. The Balaban J connectivity index is 1.60. The molecule has 3 atom stereocenters. The first-order valence-corrected chi connectivity index (χ1v) is 11.0. The van der Waals surface area contributed by atoms with Gasteiger partial charge in [-0.25, -0.2) is 0 Å². The van der Waals surface area contributed by atoms with Crippen LogP contribution in [0.4, 0.5) is 5.69 Å². The lowest BCUT2D eigenvalue weighted by atomic mass is 9.66. The van der Waals surface area contributed by atoms with E-state index in [4.69, 9.17) is 16.3 Å². The number of anilines is 1. The Bertz CT molecular complexity index is 888. The molecule has 1 amide bonds. The maximum atomic E-state index is 12.9. The molecule has 1 aliphatic heterocycles. The van der Waals surface area contributed by atoms with E-state index in [1.165, 1.54) is 0 Å². The van der Waals surface area contributed by atoms with Gasteiger partial charge in [0.05, 0.1) is 19.3 Å². The number of benzene rings is 2. The fraction of sp³-hybridized carbons (Fsp3) is 0.458. The van der Waals surface area contributed by atoms with E-state index in [0.717, 1.165) is 42.7 Å². The number of ether oxygens (including phenoxy) is 1. The second-order valence-electron chi connectivity index (χ2n) is 8.42. The van der Waals surface area contributed by atoms with Gasteiger partial charge in [0.1, 0.15) is 5.75 Å². The van der Waals surface area contributed by atoms with Gasteiger partial charge in [-0.1, -0.05) is 42.6 Å². The number of rotatable bonds is 5. The molecule has 0 spiro atoms. The van der Waals surface area contributed by atoms with Crippen molar-refractivity contribution in [3.05, 3.63) is 59.1 Å². The van der Waals surface area contributed by atoms with Gasteiger partial charge in [-0.3, -0.25) is 9.69 Å². The van der Waals surface area contributed by atoms with Crippen molar-refractivity contribution in [3.63, 3.8) is 0 Å². The number of carbonyl (C=O) groups excluding carboxylic acids is 1. The highest BCUT2D eigenvalue weighted by molar-refractivity contribution is 6.30. The molecule has 5 nitrogen and oxygen atoms in total. The van der Waals surface area contributed by atoms with Gasteiger partial charge in [0, 0.05) is 34.8 Å². The Labute approximate surface area is 183 Å². The van der Waals surface area contributed by atoms with Crippen LogP contribution in [0.1, 0.15) is 43.7 Å². The highest BCUT2D eigenvalue weighted by Crippen LogP contribution is 2.50. The van der Waals surface area contributed by atoms with Crippen molar-refractivity contribution < 1.29 is 14.6 Å². The highest BCUT2D eigenvalue weighted by atomic mass is 35.5. The molecule has 2 N–H and O–H groups in total. The normalized spacial score (nSPS) is 26.6. The second-order valence-corrected chi connectivity index (χ2v) is 8.85. The summed E-state index contributed by atoms with van der Waals surface area (Å²) in [6.45, 7) is 0.932. The monoisotopic (exact) mass is 428 g/mol. The Morgan fingerprint density at radius 1 is 1.20 bits per heavy atom. The van der Waals surface area contributed by atoms with Crippen LogP contribution in [0.5, 0.6) is 5.75 Å². The van der Waals surface area contributed by atoms with Crippen LogP contribution < -0.4 is 10.1 Å². The fourth-order valence-electron chi connectivity index (χ4n) is 5.16. The highest BCUT2D eigenvalue weighted by Gasteiger charge is 2.49. The molecule has 0 radical (unpaired) electrons. The molecule has 2 aromatic rings. The Morgan fingerprint density at radius 2 is 1.97 bits per heavy atom. The summed E-state index contributed by atoms with van der Waals surface area (Å²) in [5.74, 6) is 0.818. The summed E-state index contributed by atoms with van der Waals surface area (Å²) in [5.41, 5.74) is 1.10. The van der Waals surface area contributed by atoms with Crippen LogP contribution in [0.15, 0.2) is 48.5 Å². The number of carbonyl (C=O) groups is 1. The molecule has 2 aliphatic rings. The van der Waals surface area contributed by atoms with E-state index in [-0.39, 0.29) is 24.4 Å². The molecular formula is C24H29ClN2O3. The van der Waals surface area contributed by atoms with Gasteiger partial charge in [-0.15, -0.1) is 0 Å². The van der Waals surface area contributed by atoms with Crippen LogP contribution in [0.2, 0.25) is 5.02 Å². The SMILES string of the molecule is COc1ccccc1[C@H]1[C@@H]2CCCC[C@]2(O)CCN1CC(=O)Nc1ccc(Cl)cc1. The third-order valence-electron chi connectivity index (χ3n) is 6.60. The number of nitrogens with zero attached hydrogens (tertiary/aromatic N) is 1. The summed E-state index contributed by atoms with van der Waals surface area (Å²) in [7, 11) is 1.67. The van der Waals surface area contributed by atoms with Crippen molar-refractivity contribution in [1.82, 2.24) is 4.90 Å². The minimum absolute atomic E-state index is 0.0591. The fourth-order valence-corrected chi connectivity index (χ4v) is 5.29. The van der Waals surface area contributed by atoms with E-state index in [0.29, 0.717) is 18.0 Å². The molecule has 1 saturated heterocycles. The van der Waals surface area contributed by atoms with Crippen LogP contribution in [-0.2, 0) is 4.79 Å². The smallest absolute Gasteiger partial charge is 0.238 e. The standard InChI is InChI=1S/C24H29ClN2O3/c1-30-21-8-3-2-6-19(21)23-20-7-4-5-13-24(20,29)14-15-27(23)16-22(28)26-18-11-9-17(25)10-12-18/h2-3,6,8-12,20,23,29H,4-5,7,13-16H2,1H3,(H,26,28)/t20-,23-,24-/m0/s1. The number of methoxy groups -OCH3 is 1. The van der Waals surface area contributed by atoms with Crippen molar-refractivity contribution in [2.75, 3.05) is 25.5 Å². The van der Waals surface area contributed by atoms with E-state index < -0.39 is 5.60 Å². The number of hydrogen-bond donors (Lipinski definition) is 2. The van der Waals surface area contributed by atoms with E-state index >= 15 is 0 Å². The summed E-state index contributed by atoms with van der Waals surface area (Å²) in [4.78, 5) is 15.1. The van der Waals surface area contributed by atoms with Crippen LogP contribution in [0.3, 0.4) is 0 Å². The maximum Gasteiger partial charge on any atom is 0.238 e. The minimum Gasteiger partial charge on any atom is -0.496 e. The van der Waals surface area contributed by atoms with Crippen LogP contribution in [0, 0.1) is 5.92 Å². The number of likely N-dealkylation sites (tertiary alicyclic amines) is 1. The zero-order valence-electron chi connectivity index (χ0n) is 17.3. The molecule has 4 rings (SSSR count). The first-order chi connectivity index (χ1) is 14.5. The molecule has 0 unspecified atom stereocenters. The van der Waals surface area contributed by atoms with Crippen molar-refractivity contribution in [3.8, 4) is 5.75 Å². The molecule has 0 bridgehead atoms. The Morgan fingerprint density at radius 3 is 2.73 bits per heavy atom. The minimum atomic E-state index is -0.674. The van der Waals surface area contributed by atoms with Crippen molar-refractivity contribution >= 4 is 23.2 Å². The summed E-state index contributed by atoms with van der Waals surface area (Å²) >= 11 is 5.94. The molecule has 2 fully saturated rings. The lowest BCUT2D eigenvalue weighted by Gasteiger charge is -2.52. The van der Waals surface area contributed by atoms with Crippen LogP contribution >= 0.6 is 11.6 Å². The quantitative estimate of drug-likeness (QED) is 0.727. The zero-order chi connectivity index (χ0) is 21.1. The molecular weight excluding hydrogens is 400 g/mol. The van der Waals surface area contributed by atoms with Gasteiger partial charge in [-0.2, -0.15) is 0 Å². The Kier molecular flexibility index (Phi) is 6.32. The first-order valence-electron chi connectivity index (χ1n) is 10.6. The van der Waals surface area contributed by atoms with Gasteiger partial charge in [0.25, 0.3) is 0 Å². The summed E-state index contributed by atoms with van der Waals surface area (Å²) in [5, 5.41) is 15.0. The predicted octanol–water partition coefficient (Wildman–Crippen LogP) is 4.66. The van der Waals surface area contributed by atoms with Gasteiger partial charge >= 0.3 is 0 Å². The maximum absolute atomic E-state index is 12.9. The number of halogens is 1. The predicted molar refractivity (Wildman–Crippen MR) is 119 cm³/mol. The lowest BCUT2D eigenvalue weighted by Crippen LogP contribution is -2.56. The van der Waals surface area contributed by atoms with Crippen LogP contribution in [-0.4, -0.2) is 41.7 Å². The zero-order valence-corrected chi connectivity index (χ0v) is 18.1. The number of aliphatic hydroxyl groups is 1. The number of nitrogens with one attached hydrogen (secondary N) is 1. The molecule has 6 heteroatoms. The van der Waals surface area contributed by atoms with Gasteiger partial charge in [-0.05, 0) is 49.6 Å². The lowest BCUT2D eigenvalue weighted by molar-refractivity contribution is -0.135. The van der Waals surface area contributed by atoms with Crippen molar-refractivity contribution in [2.45, 2.75) is 43.7 Å². The summed E-state index contributed by atoms with van der Waals surface area (Å²) in [6, 6.07) is 15.0. The number of amides is 1. The molecule has 2 aromatic carbocycles. The topological polar surface area (TPSA) is 61.8 Å². The van der Waals surface area contributed by atoms with Crippen molar-refractivity contribution in [1.29, 1.82) is 0 Å². The molecule has 0 aromatic heterocycles. The van der Waals surface area contributed by atoms with Crippen LogP contribution in [0.25, 0.3) is 0 Å².